The van der Waals surface area contributed by atoms with Gasteiger partial charge < -0.3 is 4.74 Å². The Morgan fingerprint density at radius 1 is 1.54 bits per heavy atom. The van der Waals surface area contributed by atoms with Crippen LogP contribution in [0.15, 0.2) is 0 Å². The summed E-state index contributed by atoms with van der Waals surface area (Å²) in [4.78, 5) is 0. The normalized spacial score (nSPS) is 13.0. The van der Waals surface area contributed by atoms with Crippen LogP contribution in [0.3, 0.4) is 0 Å². The smallest absolute Gasteiger partial charge is 0.378 e. The number of hydrogen-bond donors (Lipinski definition) is 0. The lowest BCUT2D eigenvalue weighted by molar-refractivity contribution is -0.192. The summed E-state index contributed by atoms with van der Waals surface area (Å²) < 4.78 is 29.3. The second-order valence-corrected chi connectivity index (χ2v) is 4.13. The predicted molar refractivity (Wildman–Crippen MR) is 56.8 cm³/mol. The molecule has 0 aliphatic carbocycles. The van der Waals surface area contributed by atoms with Crippen molar-refractivity contribution in [3.63, 3.8) is 0 Å². The summed E-state index contributed by atoms with van der Waals surface area (Å²) in [6, 6.07) is 0. The van der Waals surface area contributed by atoms with Gasteiger partial charge in [-0.15, -0.1) is 0 Å². The first-order chi connectivity index (χ1) is 6.04. The molecule has 0 N–H and O–H groups in total. The van der Waals surface area contributed by atoms with E-state index in [2.05, 4.69) is 10.7 Å². The van der Waals surface area contributed by atoms with E-state index in [0.717, 1.165) is 12.8 Å². The van der Waals surface area contributed by atoms with Gasteiger partial charge in [-0.1, -0.05) is 48.3 Å². The number of hydrogen-bond acceptors (Lipinski definition) is 1. The Bertz CT molecular complexity index is 196. The van der Waals surface area contributed by atoms with Crippen molar-refractivity contribution >= 4 is 22.6 Å². The van der Waals surface area contributed by atoms with E-state index in [1.54, 1.807) is 22.6 Å². The van der Waals surface area contributed by atoms with Crippen molar-refractivity contribution < 1.29 is 13.5 Å². The molecule has 1 atom stereocenters. The van der Waals surface area contributed by atoms with Gasteiger partial charge in [-0.3, -0.25) is 0 Å². The van der Waals surface area contributed by atoms with Crippen LogP contribution < -0.4 is 0 Å². The van der Waals surface area contributed by atoms with Crippen LogP contribution in [0.25, 0.3) is 0 Å². The Balaban J connectivity index is 3.99. The third kappa shape index (κ3) is 5.29. The minimum absolute atomic E-state index is 0.454. The fourth-order valence-corrected chi connectivity index (χ4v) is 1.30. The molecule has 0 aliphatic rings. The van der Waals surface area contributed by atoms with E-state index in [1.165, 1.54) is 6.92 Å². The second kappa shape index (κ2) is 6.41. The highest BCUT2D eigenvalue weighted by Crippen LogP contribution is 2.30. The van der Waals surface area contributed by atoms with E-state index in [4.69, 9.17) is 0 Å². The summed E-state index contributed by atoms with van der Waals surface area (Å²) in [7, 11) is 0. The summed E-state index contributed by atoms with van der Waals surface area (Å²) in [6.07, 6.45) is 0.964. The van der Waals surface area contributed by atoms with Gasteiger partial charge in [0.1, 0.15) is 10.0 Å². The molecule has 0 bridgehead atoms. The first kappa shape index (κ1) is 12.9. The molecule has 0 aliphatic heterocycles. The summed E-state index contributed by atoms with van der Waals surface area (Å²) in [5.74, 6) is 2.28. The molecular weight excluding hydrogens is 289 g/mol. The van der Waals surface area contributed by atoms with E-state index in [9.17, 15) is 8.78 Å². The van der Waals surface area contributed by atoms with Gasteiger partial charge in [-0.25, -0.2) is 0 Å². The van der Waals surface area contributed by atoms with Crippen molar-refractivity contribution in [2.75, 3.05) is 0 Å². The first-order valence-electron chi connectivity index (χ1n) is 4.16. The van der Waals surface area contributed by atoms with Gasteiger partial charge in [0.2, 0.25) is 0 Å². The highest BCUT2D eigenvalue weighted by Gasteiger charge is 2.39. The van der Waals surface area contributed by atoms with E-state index >= 15 is 0 Å². The van der Waals surface area contributed by atoms with Crippen LogP contribution in [0.2, 0.25) is 0 Å². The maximum Gasteiger partial charge on any atom is 0.417 e. The second-order valence-electron chi connectivity index (χ2n) is 2.63. The first-order valence-corrected chi connectivity index (χ1v) is 5.40. The average Bonchev–Trinajstić information content (AvgIpc) is 2.10. The van der Waals surface area contributed by atoms with Gasteiger partial charge in [0, 0.05) is 6.92 Å². The summed E-state index contributed by atoms with van der Waals surface area (Å²) >= 11 is 1.70. The van der Waals surface area contributed by atoms with E-state index < -0.39 is 10.0 Å². The Morgan fingerprint density at radius 3 is 2.62 bits per heavy atom. The zero-order valence-corrected chi connectivity index (χ0v) is 9.90. The third-order valence-electron chi connectivity index (χ3n) is 1.46. The Hall–Kier alpha value is -0.0500. The SMILES string of the molecule is CC#COC(F)(F)C(I)CCCC. The maximum atomic E-state index is 13.0. The highest BCUT2D eigenvalue weighted by molar-refractivity contribution is 14.1. The molecule has 0 radical (unpaired) electrons. The van der Waals surface area contributed by atoms with E-state index in [0.29, 0.717) is 6.42 Å². The molecule has 0 aromatic rings. The molecule has 0 aromatic carbocycles. The Labute approximate surface area is 91.4 Å². The fraction of sp³-hybridized carbons (Fsp3) is 0.778. The van der Waals surface area contributed by atoms with Crippen LogP contribution in [0, 0.1) is 12.0 Å². The molecule has 0 spiro atoms. The molecular formula is C9H13F2IO. The van der Waals surface area contributed by atoms with Crippen LogP contribution in [-0.2, 0) is 4.74 Å². The topological polar surface area (TPSA) is 9.23 Å². The zero-order valence-electron chi connectivity index (χ0n) is 7.74. The molecule has 0 aromatic heterocycles. The molecule has 76 valence electrons. The number of alkyl halides is 3. The van der Waals surface area contributed by atoms with E-state index in [1.807, 2.05) is 13.0 Å². The van der Waals surface area contributed by atoms with Crippen molar-refractivity contribution in [2.45, 2.75) is 43.1 Å². The van der Waals surface area contributed by atoms with Crippen molar-refractivity contribution in [1.82, 2.24) is 0 Å². The molecule has 0 rings (SSSR count). The summed E-state index contributed by atoms with van der Waals surface area (Å²) in [5.41, 5.74) is 0. The number of rotatable bonds is 5. The number of unbranched alkanes of at least 4 members (excludes halogenated alkanes) is 1. The monoisotopic (exact) mass is 302 g/mol. The lowest BCUT2D eigenvalue weighted by atomic mass is 10.2. The molecule has 0 heterocycles. The average molecular weight is 302 g/mol. The molecule has 0 amide bonds. The lowest BCUT2D eigenvalue weighted by Gasteiger charge is -2.18. The van der Waals surface area contributed by atoms with Crippen molar-refractivity contribution in [3.05, 3.63) is 0 Å². The quantitative estimate of drug-likeness (QED) is 0.428. The molecule has 0 saturated heterocycles. The van der Waals surface area contributed by atoms with Gasteiger partial charge in [0.05, 0.1) is 0 Å². The Kier molecular flexibility index (Phi) is 6.39. The largest absolute Gasteiger partial charge is 0.417 e. The minimum Gasteiger partial charge on any atom is -0.378 e. The van der Waals surface area contributed by atoms with E-state index in [-0.39, 0.29) is 0 Å². The van der Waals surface area contributed by atoms with Crippen LogP contribution in [0.4, 0.5) is 8.78 Å². The van der Waals surface area contributed by atoms with Gasteiger partial charge in [0.15, 0.2) is 0 Å². The minimum atomic E-state index is -3.13. The third-order valence-corrected chi connectivity index (χ3v) is 2.81. The summed E-state index contributed by atoms with van der Waals surface area (Å²) in [6.45, 7) is 3.43. The maximum absolute atomic E-state index is 13.0. The highest BCUT2D eigenvalue weighted by atomic mass is 127. The molecule has 13 heavy (non-hydrogen) atoms. The predicted octanol–water partition coefficient (Wildman–Crippen LogP) is 3.57. The van der Waals surface area contributed by atoms with Crippen LogP contribution >= 0.6 is 22.6 Å². The van der Waals surface area contributed by atoms with Crippen LogP contribution in [0.5, 0.6) is 0 Å². The van der Waals surface area contributed by atoms with Crippen molar-refractivity contribution in [2.24, 2.45) is 0 Å². The van der Waals surface area contributed by atoms with Gasteiger partial charge >= 0.3 is 6.11 Å². The van der Waals surface area contributed by atoms with Crippen LogP contribution in [-0.4, -0.2) is 10.0 Å². The molecule has 4 heteroatoms. The van der Waals surface area contributed by atoms with Gasteiger partial charge in [-0.2, -0.15) is 8.78 Å². The zero-order chi connectivity index (χ0) is 10.3. The molecule has 1 unspecified atom stereocenters. The molecule has 1 nitrogen and oxygen atoms in total. The van der Waals surface area contributed by atoms with Gasteiger partial charge in [-0.05, 0) is 6.42 Å². The number of ether oxygens (including phenoxy) is 1. The lowest BCUT2D eigenvalue weighted by Crippen LogP contribution is -2.30. The Morgan fingerprint density at radius 2 is 2.15 bits per heavy atom. The standard InChI is InChI=1S/C9H13F2IO/c1-3-5-6-8(12)9(10,11)13-7-4-2/h8H,3,5-6H2,1-2H3. The molecule has 0 saturated carbocycles. The molecule has 0 fully saturated rings. The number of halogens is 3. The van der Waals surface area contributed by atoms with Crippen molar-refractivity contribution in [3.8, 4) is 12.0 Å². The van der Waals surface area contributed by atoms with Crippen LogP contribution in [0.1, 0.15) is 33.1 Å². The van der Waals surface area contributed by atoms with Gasteiger partial charge in [0.25, 0.3) is 0 Å². The fourth-order valence-electron chi connectivity index (χ4n) is 0.734. The summed E-state index contributed by atoms with van der Waals surface area (Å²) in [5, 5.41) is 0. The van der Waals surface area contributed by atoms with Crippen molar-refractivity contribution in [1.29, 1.82) is 0 Å².